The van der Waals surface area contributed by atoms with E-state index in [0.717, 1.165) is 6.42 Å². The van der Waals surface area contributed by atoms with E-state index in [1.54, 1.807) is 0 Å². The summed E-state index contributed by atoms with van der Waals surface area (Å²) in [4.78, 5) is 0. The highest BCUT2D eigenvalue weighted by Crippen LogP contribution is 2.05. The van der Waals surface area contributed by atoms with Crippen LogP contribution in [-0.4, -0.2) is 0 Å². The first-order valence-electron chi connectivity index (χ1n) is 4.33. The molecule has 0 saturated heterocycles. The van der Waals surface area contributed by atoms with Crippen molar-refractivity contribution in [2.24, 2.45) is 0 Å². The van der Waals surface area contributed by atoms with E-state index in [2.05, 4.69) is 32.6 Å². The van der Waals surface area contributed by atoms with E-state index < -0.39 is 0 Å². The van der Waals surface area contributed by atoms with E-state index in [0.29, 0.717) is 0 Å². The van der Waals surface area contributed by atoms with E-state index in [-0.39, 0.29) is 0 Å². The SMILES string of the molecule is C=C/C=C\C(=C/CCC)CC. The quantitative estimate of drug-likeness (QED) is 0.522. The molecule has 0 bridgehead atoms. The summed E-state index contributed by atoms with van der Waals surface area (Å²) in [6, 6.07) is 0. The number of allylic oxidation sites excluding steroid dienone is 5. The molecule has 0 unspecified atom stereocenters. The van der Waals surface area contributed by atoms with Gasteiger partial charge >= 0.3 is 0 Å². The first-order chi connectivity index (χ1) is 5.35. The molecule has 0 rings (SSSR count). The van der Waals surface area contributed by atoms with Crippen molar-refractivity contribution in [2.45, 2.75) is 33.1 Å². The number of hydrogen-bond donors (Lipinski definition) is 0. The van der Waals surface area contributed by atoms with Crippen molar-refractivity contribution < 1.29 is 0 Å². The van der Waals surface area contributed by atoms with Crippen molar-refractivity contribution in [2.75, 3.05) is 0 Å². The van der Waals surface area contributed by atoms with Crippen LogP contribution in [0.25, 0.3) is 0 Å². The Kier molecular flexibility index (Phi) is 6.81. The number of unbranched alkanes of at least 4 members (excludes halogenated alkanes) is 1. The fraction of sp³-hybridized carbons (Fsp3) is 0.455. The molecule has 0 atom stereocenters. The third kappa shape index (κ3) is 5.65. The molecule has 0 aromatic rings. The average molecular weight is 150 g/mol. The van der Waals surface area contributed by atoms with Gasteiger partial charge in [0.15, 0.2) is 0 Å². The second kappa shape index (κ2) is 7.33. The highest BCUT2D eigenvalue weighted by molar-refractivity contribution is 5.20. The second-order valence-electron chi connectivity index (χ2n) is 2.52. The lowest BCUT2D eigenvalue weighted by Crippen LogP contribution is -1.74. The molecular weight excluding hydrogens is 132 g/mol. The van der Waals surface area contributed by atoms with Crippen LogP contribution in [0.5, 0.6) is 0 Å². The topological polar surface area (TPSA) is 0 Å². The Labute approximate surface area is 70.3 Å². The minimum atomic E-state index is 1.12. The van der Waals surface area contributed by atoms with E-state index in [4.69, 9.17) is 0 Å². The molecule has 0 aromatic carbocycles. The summed E-state index contributed by atoms with van der Waals surface area (Å²) in [7, 11) is 0. The molecule has 0 aliphatic carbocycles. The zero-order valence-electron chi connectivity index (χ0n) is 7.64. The lowest BCUT2D eigenvalue weighted by Gasteiger charge is -1.94. The summed E-state index contributed by atoms with van der Waals surface area (Å²) in [6.45, 7) is 8.00. The lowest BCUT2D eigenvalue weighted by atomic mass is 10.1. The molecule has 0 aliphatic rings. The first-order valence-corrected chi connectivity index (χ1v) is 4.33. The molecule has 0 aliphatic heterocycles. The highest BCUT2D eigenvalue weighted by Gasteiger charge is 1.84. The maximum absolute atomic E-state index is 3.63. The van der Waals surface area contributed by atoms with E-state index >= 15 is 0 Å². The minimum absolute atomic E-state index is 1.12. The third-order valence-corrected chi connectivity index (χ3v) is 1.55. The predicted octanol–water partition coefficient (Wildman–Crippen LogP) is 3.87. The summed E-state index contributed by atoms with van der Waals surface area (Å²) >= 11 is 0. The van der Waals surface area contributed by atoms with Gasteiger partial charge < -0.3 is 0 Å². The Bertz CT molecular complexity index is 149. The van der Waals surface area contributed by atoms with Crippen LogP contribution < -0.4 is 0 Å². The number of rotatable bonds is 5. The smallest absolute Gasteiger partial charge is 0.0311 e. The van der Waals surface area contributed by atoms with Gasteiger partial charge in [-0.25, -0.2) is 0 Å². The van der Waals surface area contributed by atoms with Gasteiger partial charge in [-0.2, -0.15) is 0 Å². The largest absolute Gasteiger partial charge is 0.0991 e. The molecule has 0 saturated carbocycles. The zero-order valence-corrected chi connectivity index (χ0v) is 7.64. The van der Waals surface area contributed by atoms with Gasteiger partial charge in [0.25, 0.3) is 0 Å². The normalized spacial score (nSPS) is 12.4. The molecule has 0 fully saturated rings. The van der Waals surface area contributed by atoms with Crippen molar-refractivity contribution in [1.82, 2.24) is 0 Å². The van der Waals surface area contributed by atoms with Crippen molar-refractivity contribution in [1.29, 1.82) is 0 Å². The molecule has 0 radical (unpaired) electrons. The van der Waals surface area contributed by atoms with Crippen LogP contribution in [0.15, 0.2) is 36.5 Å². The molecule has 11 heavy (non-hydrogen) atoms. The van der Waals surface area contributed by atoms with Crippen LogP contribution in [-0.2, 0) is 0 Å². The monoisotopic (exact) mass is 150 g/mol. The Morgan fingerprint density at radius 2 is 2.09 bits per heavy atom. The van der Waals surface area contributed by atoms with E-state index in [1.165, 1.54) is 18.4 Å². The predicted molar refractivity (Wildman–Crippen MR) is 52.6 cm³/mol. The van der Waals surface area contributed by atoms with Crippen molar-refractivity contribution in [3.05, 3.63) is 36.5 Å². The molecule has 0 aromatic heterocycles. The van der Waals surface area contributed by atoms with Gasteiger partial charge in [0.05, 0.1) is 0 Å². The van der Waals surface area contributed by atoms with Gasteiger partial charge in [0.2, 0.25) is 0 Å². The minimum Gasteiger partial charge on any atom is -0.0991 e. The van der Waals surface area contributed by atoms with Crippen LogP contribution >= 0.6 is 0 Å². The molecular formula is C11H18. The van der Waals surface area contributed by atoms with Gasteiger partial charge in [-0.1, -0.05) is 56.7 Å². The molecule has 0 heteroatoms. The molecule has 62 valence electrons. The molecule has 0 spiro atoms. The van der Waals surface area contributed by atoms with Crippen LogP contribution in [0.1, 0.15) is 33.1 Å². The fourth-order valence-corrected chi connectivity index (χ4v) is 0.852. The summed E-state index contributed by atoms with van der Waals surface area (Å²) in [5.74, 6) is 0. The Morgan fingerprint density at radius 1 is 1.36 bits per heavy atom. The van der Waals surface area contributed by atoms with Gasteiger partial charge in [0, 0.05) is 0 Å². The van der Waals surface area contributed by atoms with Crippen molar-refractivity contribution >= 4 is 0 Å². The van der Waals surface area contributed by atoms with Crippen LogP contribution in [0.2, 0.25) is 0 Å². The molecule has 0 nitrogen and oxygen atoms in total. The highest BCUT2D eigenvalue weighted by atomic mass is 13.9. The lowest BCUT2D eigenvalue weighted by molar-refractivity contribution is 0.942. The van der Waals surface area contributed by atoms with E-state index in [9.17, 15) is 0 Å². The van der Waals surface area contributed by atoms with Crippen LogP contribution in [0.3, 0.4) is 0 Å². The van der Waals surface area contributed by atoms with Gasteiger partial charge in [-0.15, -0.1) is 0 Å². The number of hydrogen-bond acceptors (Lipinski definition) is 0. The third-order valence-electron chi connectivity index (χ3n) is 1.55. The van der Waals surface area contributed by atoms with Crippen molar-refractivity contribution in [3.63, 3.8) is 0 Å². The van der Waals surface area contributed by atoms with E-state index in [1.807, 2.05) is 12.2 Å². The fourth-order valence-electron chi connectivity index (χ4n) is 0.852. The zero-order chi connectivity index (χ0) is 8.53. The van der Waals surface area contributed by atoms with Gasteiger partial charge in [0.1, 0.15) is 0 Å². The maximum Gasteiger partial charge on any atom is -0.0311 e. The second-order valence-corrected chi connectivity index (χ2v) is 2.52. The van der Waals surface area contributed by atoms with Crippen LogP contribution in [0, 0.1) is 0 Å². The summed E-state index contributed by atoms with van der Waals surface area (Å²) in [6.07, 6.45) is 11.8. The Hall–Kier alpha value is -0.780. The summed E-state index contributed by atoms with van der Waals surface area (Å²) in [5.41, 5.74) is 1.41. The van der Waals surface area contributed by atoms with Gasteiger partial charge in [-0.3, -0.25) is 0 Å². The Balaban J connectivity index is 3.92. The molecule has 0 heterocycles. The molecule has 0 amide bonds. The van der Waals surface area contributed by atoms with Crippen molar-refractivity contribution in [3.8, 4) is 0 Å². The summed E-state index contributed by atoms with van der Waals surface area (Å²) in [5, 5.41) is 0. The van der Waals surface area contributed by atoms with Gasteiger partial charge in [-0.05, 0) is 12.8 Å². The average Bonchev–Trinajstić information content (AvgIpc) is 2.05. The summed E-state index contributed by atoms with van der Waals surface area (Å²) < 4.78 is 0. The first kappa shape index (κ1) is 10.2. The standard InChI is InChI=1S/C11H18/c1-4-7-9-11(6-3)10-8-5-2/h4,7,9-10H,1,5-6,8H2,2-3H3/b9-7-,11-10-. The Morgan fingerprint density at radius 3 is 2.55 bits per heavy atom. The van der Waals surface area contributed by atoms with Crippen LogP contribution in [0.4, 0.5) is 0 Å². The maximum atomic E-state index is 3.63. The molecule has 0 N–H and O–H groups in total.